The lowest BCUT2D eigenvalue weighted by atomic mass is 9.86. The maximum atomic E-state index is 13.5. The minimum atomic E-state index is -2.55. The van der Waals surface area contributed by atoms with Crippen LogP contribution in [0.25, 0.3) is 11.3 Å². The van der Waals surface area contributed by atoms with Gasteiger partial charge in [-0.2, -0.15) is 0 Å². The van der Waals surface area contributed by atoms with Gasteiger partial charge in [-0.1, -0.05) is 6.07 Å². The molecule has 0 bridgehead atoms. The average Bonchev–Trinajstić information content (AvgIpc) is 3.23. The number of imidazole rings is 1. The maximum absolute atomic E-state index is 13.5. The van der Waals surface area contributed by atoms with Crippen molar-refractivity contribution in [1.29, 1.82) is 0 Å². The van der Waals surface area contributed by atoms with E-state index in [1.807, 2.05) is 44.3 Å². The number of pyridine rings is 1. The van der Waals surface area contributed by atoms with Crippen LogP contribution in [-0.2, 0) is 6.61 Å². The normalized spacial score (nSPS) is 16.3. The predicted molar refractivity (Wildman–Crippen MR) is 115 cm³/mol. The minimum absolute atomic E-state index is 0.0325. The second kappa shape index (κ2) is 8.65. The van der Waals surface area contributed by atoms with E-state index in [1.54, 1.807) is 13.3 Å². The highest BCUT2D eigenvalue weighted by molar-refractivity contribution is 5.71. The number of methoxy groups -OCH3 is 1. The average molecular weight is 427 g/mol. The lowest BCUT2D eigenvalue weighted by Gasteiger charge is -2.26. The number of halogens is 2. The Morgan fingerprint density at radius 1 is 1.06 bits per heavy atom. The van der Waals surface area contributed by atoms with Gasteiger partial charge in [0.15, 0.2) is 0 Å². The standard InChI is InChI=1S/C24H27F2N3O2/c1-15-4-5-18(27-12-15)14-31-21-7-6-19(22(30-3)16(21)2)20-13-28-23(29-20)17-8-10-24(25,26)11-9-17/h4-7,12-13,17H,8-11,14H2,1-3H3,(H,28,29). The highest BCUT2D eigenvalue weighted by Crippen LogP contribution is 2.42. The van der Waals surface area contributed by atoms with Crippen molar-refractivity contribution in [2.24, 2.45) is 0 Å². The molecular weight excluding hydrogens is 400 g/mol. The molecule has 164 valence electrons. The summed E-state index contributed by atoms with van der Waals surface area (Å²) in [6.07, 6.45) is 4.27. The third-order valence-corrected chi connectivity index (χ3v) is 5.90. The molecule has 1 aliphatic carbocycles. The van der Waals surface area contributed by atoms with Crippen molar-refractivity contribution in [3.8, 4) is 22.8 Å². The summed E-state index contributed by atoms with van der Waals surface area (Å²) in [5.74, 6) is -0.339. The molecule has 0 atom stereocenters. The summed E-state index contributed by atoms with van der Waals surface area (Å²) in [5.41, 5.74) is 4.50. The van der Waals surface area contributed by atoms with Gasteiger partial charge in [-0.05, 0) is 50.5 Å². The number of benzene rings is 1. The van der Waals surface area contributed by atoms with Crippen molar-refractivity contribution in [3.63, 3.8) is 0 Å². The first kappa shape index (κ1) is 21.3. The summed E-state index contributed by atoms with van der Waals surface area (Å²) in [6, 6.07) is 7.79. The Morgan fingerprint density at radius 3 is 2.52 bits per heavy atom. The van der Waals surface area contributed by atoms with Crippen molar-refractivity contribution >= 4 is 0 Å². The van der Waals surface area contributed by atoms with Crippen LogP contribution < -0.4 is 9.47 Å². The molecule has 0 amide bonds. The molecule has 1 aromatic carbocycles. The van der Waals surface area contributed by atoms with Crippen LogP contribution in [0.3, 0.4) is 0 Å². The Kier molecular flexibility index (Phi) is 5.94. The molecule has 1 saturated carbocycles. The highest BCUT2D eigenvalue weighted by Gasteiger charge is 2.36. The summed E-state index contributed by atoms with van der Waals surface area (Å²) in [4.78, 5) is 12.2. The molecule has 1 aliphatic rings. The van der Waals surface area contributed by atoms with E-state index in [2.05, 4.69) is 15.0 Å². The fraction of sp³-hybridized carbons (Fsp3) is 0.417. The number of nitrogens with one attached hydrogen (secondary N) is 1. The number of rotatable bonds is 6. The molecule has 4 rings (SSSR count). The van der Waals surface area contributed by atoms with Gasteiger partial charge in [-0.3, -0.25) is 4.98 Å². The number of nitrogens with zero attached hydrogens (tertiary/aromatic N) is 2. The largest absolute Gasteiger partial charge is 0.496 e. The third-order valence-electron chi connectivity index (χ3n) is 5.90. The number of H-pyrrole nitrogens is 1. The second-order valence-corrected chi connectivity index (χ2v) is 8.20. The van der Waals surface area contributed by atoms with E-state index < -0.39 is 5.92 Å². The van der Waals surface area contributed by atoms with E-state index in [0.717, 1.165) is 39.7 Å². The number of hydrogen-bond acceptors (Lipinski definition) is 4. The second-order valence-electron chi connectivity index (χ2n) is 8.20. The summed E-state index contributed by atoms with van der Waals surface area (Å²) < 4.78 is 38.6. The predicted octanol–water partition coefficient (Wildman–Crippen LogP) is 5.97. The number of alkyl halides is 2. The van der Waals surface area contributed by atoms with Crippen LogP contribution in [0.15, 0.2) is 36.7 Å². The van der Waals surface area contributed by atoms with Gasteiger partial charge in [-0.25, -0.2) is 13.8 Å². The molecule has 1 N–H and O–H groups in total. The van der Waals surface area contributed by atoms with E-state index in [1.165, 1.54) is 0 Å². The molecule has 0 radical (unpaired) electrons. The van der Waals surface area contributed by atoms with E-state index in [9.17, 15) is 8.78 Å². The first-order valence-electron chi connectivity index (χ1n) is 10.5. The molecule has 5 nitrogen and oxygen atoms in total. The van der Waals surface area contributed by atoms with Crippen LogP contribution in [0.1, 0.15) is 54.2 Å². The topological polar surface area (TPSA) is 60.0 Å². The van der Waals surface area contributed by atoms with Gasteiger partial charge in [0.05, 0.1) is 24.7 Å². The van der Waals surface area contributed by atoms with Gasteiger partial charge in [-0.15, -0.1) is 0 Å². The van der Waals surface area contributed by atoms with Gasteiger partial charge < -0.3 is 14.5 Å². The fourth-order valence-corrected chi connectivity index (χ4v) is 4.04. The van der Waals surface area contributed by atoms with Crippen LogP contribution in [0.2, 0.25) is 0 Å². The Morgan fingerprint density at radius 2 is 1.84 bits per heavy atom. The smallest absolute Gasteiger partial charge is 0.248 e. The third kappa shape index (κ3) is 4.70. The van der Waals surface area contributed by atoms with E-state index >= 15 is 0 Å². The lowest BCUT2D eigenvalue weighted by Crippen LogP contribution is -2.24. The number of hydrogen-bond donors (Lipinski definition) is 1. The zero-order valence-electron chi connectivity index (χ0n) is 18.0. The van der Waals surface area contributed by atoms with E-state index in [0.29, 0.717) is 25.2 Å². The van der Waals surface area contributed by atoms with Crippen molar-refractivity contribution in [1.82, 2.24) is 15.0 Å². The summed E-state index contributed by atoms with van der Waals surface area (Å²) in [5, 5.41) is 0. The van der Waals surface area contributed by atoms with Crippen LogP contribution >= 0.6 is 0 Å². The first-order valence-corrected chi connectivity index (χ1v) is 10.5. The molecule has 0 unspecified atom stereocenters. The molecule has 31 heavy (non-hydrogen) atoms. The zero-order chi connectivity index (χ0) is 22.0. The number of aromatic amines is 1. The Bertz CT molecular complexity index is 1040. The van der Waals surface area contributed by atoms with Gasteiger partial charge in [0.2, 0.25) is 5.92 Å². The molecule has 2 heterocycles. The van der Waals surface area contributed by atoms with Crippen molar-refractivity contribution in [3.05, 3.63) is 59.3 Å². The molecule has 7 heteroatoms. The van der Waals surface area contributed by atoms with Gasteiger partial charge in [0, 0.05) is 36.1 Å². The summed E-state index contributed by atoms with van der Waals surface area (Å²) in [6.45, 7) is 4.31. The SMILES string of the molecule is COc1c(-c2cnc(C3CCC(F)(F)CC3)[nH]2)ccc(OCc2ccc(C)cn2)c1C. The molecular formula is C24H27F2N3O2. The number of aryl methyl sites for hydroxylation is 1. The lowest BCUT2D eigenvalue weighted by molar-refractivity contribution is -0.0387. The van der Waals surface area contributed by atoms with Crippen molar-refractivity contribution in [2.45, 2.75) is 58.0 Å². The van der Waals surface area contributed by atoms with Crippen molar-refractivity contribution < 1.29 is 18.3 Å². The first-order chi connectivity index (χ1) is 14.9. The van der Waals surface area contributed by atoms with Crippen LogP contribution in [0.4, 0.5) is 8.78 Å². The molecule has 0 aliphatic heterocycles. The number of aromatic nitrogens is 3. The van der Waals surface area contributed by atoms with Gasteiger partial charge in [0.1, 0.15) is 23.9 Å². The quantitative estimate of drug-likeness (QED) is 0.527. The van der Waals surface area contributed by atoms with Crippen LogP contribution in [-0.4, -0.2) is 28.0 Å². The van der Waals surface area contributed by atoms with E-state index in [-0.39, 0.29) is 18.8 Å². The monoisotopic (exact) mass is 427 g/mol. The molecule has 3 aromatic rings. The summed E-state index contributed by atoms with van der Waals surface area (Å²) in [7, 11) is 1.62. The minimum Gasteiger partial charge on any atom is -0.496 e. The zero-order valence-corrected chi connectivity index (χ0v) is 18.0. The highest BCUT2D eigenvalue weighted by atomic mass is 19.3. The van der Waals surface area contributed by atoms with Crippen molar-refractivity contribution in [2.75, 3.05) is 7.11 Å². The van der Waals surface area contributed by atoms with Gasteiger partial charge >= 0.3 is 0 Å². The van der Waals surface area contributed by atoms with Crippen LogP contribution in [0.5, 0.6) is 11.5 Å². The molecule has 2 aromatic heterocycles. The fourth-order valence-electron chi connectivity index (χ4n) is 4.04. The molecule has 0 saturated heterocycles. The van der Waals surface area contributed by atoms with Gasteiger partial charge in [0.25, 0.3) is 0 Å². The molecule has 1 fully saturated rings. The Balaban J connectivity index is 1.52. The van der Waals surface area contributed by atoms with Crippen LogP contribution in [0, 0.1) is 13.8 Å². The Labute approximate surface area is 180 Å². The Hall–Kier alpha value is -2.96. The molecule has 0 spiro atoms. The summed E-state index contributed by atoms with van der Waals surface area (Å²) >= 11 is 0. The van der Waals surface area contributed by atoms with E-state index in [4.69, 9.17) is 9.47 Å². The maximum Gasteiger partial charge on any atom is 0.248 e. The number of ether oxygens (including phenoxy) is 2.